The van der Waals surface area contributed by atoms with Gasteiger partial charge in [0, 0.05) is 11.8 Å². The monoisotopic (exact) mass is 268 g/mol. The van der Waals surface area contributed by atoms with Crippen LogP contribution >= 0.6 is 0 Å². The number of hydrogen-bond donors (Lipinski definition) is 0. The number of carbonyl (C=O) groups excluding carboxylic acids is 1. The zero-order valence-corrected chi connectivity index (χ0v) is 12.4. The van der Waals surface area contributed by atoms with Gasteiger partial charge in [0.15, 0.2) is 0 Å². The van der Waals surface area contributed by atoms with Crippen LogP contribution in [0.3, 0.4) is 0 Å². The molecule has 0 aliphatic heterocycles. The molecule has 3 aliphatic carbocycles. The van der Waals surface area contributed by atoms with Gasteiger partial charge in [-0.15, -0.1) is 0 Å². The molecule has 1 heteroatoms. The van der Waals surface area contributed by atoms with E-state index in [-0.39, 0.29) is 5.41 Å². The second-order valence-electron chi connectivity index (χ2n) is 7.39. The average Bonchev–Trinajstić information content (AvgIpc) is 2.48. The lowest BCUT2D eigenvalue weighted by molar-refractivity contribution is -0.140. The van der Waals surface area contributed by atoms with E-state index >= 15 is 0 Å². The van der Waals surface area contributed by atoms with Crippen LogP contribution in [0.5, 0.6) is 0 Å². The van der Waals surface area contributed by atoms with Crippen LogP contribution in [0.4, 0.5) is 0 Å². The van der Waals surface area contributed by atoms with E-state index in [1.54, 1.807) is 11.1 Å². The summed E-state index contributed by atoms with van der Waals surface area (Å²) in [6.07, 6.45) is 8.11. The van der Waals surface area contributed by atoms with Crippen molar-refractivity contribution in [2.24, 2.45) is 17.3 Å². The quantitative estimate of drug-likeness (QED) is 0.677. The first-order chi connectivity index (χ1) is 9.70. The third kappa shape index (κ3) is 1.65. The van der Waals surface area contributed by atoms with Gasteiger partial charge in [-0.05, 0) is 67.4 Å². The first kappa shape index (κ1) is 12.6. The van der Waals surface area contributed by atoms with E-state index in [0.717, 1.165) is 31.1 Å². The second kappa shape index (κ2) is 4.44. The zero-order chi connectivity index (χ0) is 13.7. The van der Waals surface area contributed by atoms with Crippen LogP contribution in [0, 0.1) is 17.3 Å². The molecule has 2 fully saturated rings. The van der Waals surface area contributed by atoms with E-state index in [2.05, 4.69) is 31.2 Å². The molecule has 1 aromatic carbocycles. The van der Waals surface area contributed by atoms with Crippen molar-refractivity contribution in [1.82, 2.24) is 0 Å². The van der Waals surface area contributed by atoms with Crippen LogP contribution in [0.15, 0.2) is 24.3 Å². The number of ketones is 1. The third-order valence-electron chi connectivity index (χ3n) is 6.58. The van der Waals surface area contributed by atoms with Crippen molar-refractivity contribution in [2.45, 2.75) is 57.8 Å². The van der Waals surface area contributed by atoms with E-state index in [1.807, 2.05) is 0 Å². The topological polar surface area (TPSA) is 17.1 Å². The molecule has 20 heavy (non-hydrogen) atoms. The molecule has 2 saturated carbocycles. The van der Waals surface area contributed by atoms with Gasteiger partial charge in [-0.25, -0.2) is 0 Å². The van der Waals surface area contributed by atoms with E-state index in [1.165, 1.54) is 25.7 Å². The lowest BCUT2D eigenvalue weighted by Crippen LogP contribution is -2.49. The van der Waals surface area contributed by atoms with Gasteiger partial charge in [-0.3, -0.25) is 4.79 Å². The molecule has 3 aliphatic rings. The first-order valence-electron chi connectivity index (χ1n) is 8.31. The summed E-state index contributed by atoms with van der Waals surface area (Å²) < 4.78 is 0. The summed E-state index contributed by atoms with van der Waals surface area (Å²) in [7, 11) is 0. The predicted octanol–water partition coefficient (Wildman–Crippen LogP) is 4.50. The Balaban J connectivity index is 1.72. The van der Waals surface area contributed by atoms with Gasteiger partial charge in [0.2, 0.25) is 0 Å². The minimum atomic E-state index is 0.00566. The summed E-state index contributed by atoms with van der Waals surface area (Å²) >= 11 is 0. The van der Waals surface area contributed by atoms with Gasteiger partial charge < -0.3 is 0 Å². The van der Waals surface area contributed by atoms with Crippen LogP contribution in [0.2, 0.25) is 0 Å². The summed E-state index contributed by atoms with van der Waals surface area (Å²) in [6, 6.07) is 9.03. The minimum Gasteiger partial charge on any atom is -0.299 e. The molecule has 4 unspecified atom stereocenters. The molecule has 1 nitrogen and oxygen atoms in total. The molecule has 0 saturated heterocycles. The summed E-state index contributed by atoms with van der Waals surface area (Å²) in [5.41, 5.74) is 3.18. The molecule has 0 spiro atoms. The van der Waals surface area contributed by atoms with Crippen molar-refractivity contribution in [3.05, 3.63) is 35.4 Å². The number of fused-ring (bicyclic) bond motifs is 5. The smallest absolute Gasteiger partial charge is 0.139 e. The van der Waals surface area contributed by atoms with Gasteiger partial charge in [0.1, 0.15) is 5.78 Å². The Labute approximate surface area is 121 Å². The van der Waals surface area contributed by atoms with Crippen LogP contribution in [-0.4, -0.2) is 5.78 Å². The molecule has 0 aromatic heterocycles. The normalized spacial score (nSPS) is 39.6. The maximum absolute atomic E-state index is 12.5. The summed E-state index contributed by atoms with van der Waals surface area (Å²) in [6.45, 7) is 2.27. The van der Waals surface area contributed by atoms with Crippen molar-refractivity contribution < 1.29 is 4.79 Å². The van der Waals surface area contributed by atoms with Crippen LogP contribution in [0.1, 0.15) is 62.5 Å². The Kier molecular flexibility index (Phi) is 2.80. The molecule has 4 rings (SSSR count). The molecule has 0 bridgehead atoms. The molecule has 0 radical (unpaired) electrons. The van der Waals surface area contributed by atoms with E-state index < -0.39 is 0 Å². The van der Waals surface area contributed by atoms with Gasteiger partial charge in [0.05, 0.1) is 0 Å². The van der Waals surface area contributed by atoms with Crippen molar-refractivity contribution in [3.8, 4) is 0 Å². The highest BCUT2D eigenvalue weighted by Crippen LogP contribution is 2.58. The number of Topliss-reactive ketones (excluding diaryl/α,β-unsaturated/α-hetero) is 1. The minimum absolute atomic E-state index is 0.00566. The molecule has 0 N–H and O–H groups in total. The molecule has 1 aromatic rings. The molecular weight excluding hydrogens is 244 g/mol. The third-order valence-corrected chi connectivity index (χ3v) is 6.58. The second-order valence-corrected chi connectivity index (χ2v) is 7.39. The number of benzene rings is 1. The fourth-order valence-electron chi connectivity index (χ4n) is 5.49. The van der Waals surface area contributed by atoms with Gasteiger partial charge >= 0.3 is 0 Å². The summed E-state index contributed by atoms with van der Waals surface area (Å²) in [5.74, 6) is 2.69. The largest absolute Gasteiger partial charge is 0.299 e. The van der Waals surface area contributed by atoms with E-state index in [4.69, 9.17) is 0 Å². The average molecular weight is 268 g/mol. The van der Waals surface area contributed by atoms with E-state index in [0.29, 0.717) is 11.7 Å². The Morgan fingerprint density at radius 3 is 2.85 bits per heavy atom. The fraction of sp³-hybridized carbons (Fsp3) is 0.632. The maximum atomic E-state index is 12.5. The molecule has 106 valence electrons. The number of carbonyl (C=O) groups is 1. The van der Waals surface area contributed by atoms with Crippen LogP contribution < -0.4 is 0 Å². The molecular formula is C19H24O. The van der Waals surface area contributed by atoms with Gasteiger partial charge in [-0.2, -0.15) is 0 Å². The number of aryl methyl sites for hydroxylation is 1. The molecule has 4 atom stereocenters. The van der Waals surface area contributed by atoms with E-state index in [9.17, 15) is 4.79 Å². The van der Waals surface area contributed by atoms with Gasteiger partial charge in [0.25, 0.3) is 0 Å². The lowest BCUT2D eigenvalue weighted by Gasteiger charge is -2.53. The number of hydrogen-bond acceptors (Lipinski definition) is 1. The van der Waals surface area contributed by atoms with Crippen molar-refractivity contribution >= 4 is 5.78 Å². The highest BCUT2D eigenvalue weighted by Gasteiger charge is 2.52. The molecule has 0 heterocycles. The number of rotatable bonds is 0. The zero-order valence-electron chi connectivity index (χ0n) is 12.4. The van der Waals surface area contributed by atoms with Crippen LogP contribution in [-0.2, 0) is 11.2 Å². The first-order valence-corrected chi connectivity index (χ1v) is 8.31. The predicted molar refractivity (Wildman–Crippen MR) is 80.7 cm³/mol. The SMILES string of the molecule is CC12CCC3c4ccccc4CCC3C1CCCC2=O. The van der Waals surface area contributed by atoms with Crippen LogP contribution in [0.25, 0.3) is 0 Å². The highest BCUT2D eigenvalue weighted by atomic mass is 16.1. The summed E-state index contributed by atoms with van der Waals surface area (Å²) in [5, 5.41) is 0. The Morgan fingerprint density at radius 1 is 1.10 bits per heavy atom. The van der Waals surface area contributed by atoms with Crippen molar-refractivity contribution in [2.75, 3.05) is 0 Å². The standard InChI is InChI=1S/C19H24O/c1-19-12-11-15-14-6-3-2-5-13(14)9-10-16(15)17(19)7-4-8-18(19)20/h2-3,5-6,15-17H,4,7-12H2,1H3. The van der Waals surface area contributed by atoms with Crippen molar-refractivity contribution in [3.63, 3.8) is 0 Å². The fourth-order valence-corrected chi connectivity index (χ4v) is 5.49. The Morgan fingerprint density at radius 2 is 1.95 bits per heavy atom. The molecule has 0 amide bonds. The highest BCUT2D eigenvalue weighted by molar-refractivity contribution is 5.85. The van der Waals surface area contributed by atoms with Crippen molar-refractivity contribution in [1.29, 1.82) is 0 Å². The Hall–Kier alpha value is -1.11. The summed E-state index contributed by atoms with van der Waals surface area (Å²) in [4.78, 5) is 12.5. The maximum Gasteiger partial charge on any atom is 0.139 e. The Bertz CT molecular complexity index is 546. The lowest BCUT2D eigenvalue weighted by atomic mass is 9.50. The van der Waals surface area contributed by atoms with Gasteiger partial charge in [-0.1, -0.05) is 31.2 Å².